The van der Waals surface area contributed by atoms with Crippen LogP contribution in [0.1, 0.15) is 57.1 Å². The monoisotopic (exact) mass is 272 g/mol. The fourth-order valence-corrected chi connectivity index (χ4v) is 2.03. The van der Waals surface area contributed by atoms with Crippen LogP contribution in [0, 0.1) is 22.7 Å². The van der Waals surface area contributed by atoms with Gasteiger partial charge in [-0.05, 0) is 31.9 Å². The summed E-state index contributed by atoms with van der Waals surface area (Å²) in [5.74, 6) is 0.178. The maximum atomic E-state index is 9.55. The van der Waals surface area contributed by atoms with Crippen LogP contribution < -0.4 is 4.74 Å². The average molecular weight is 272 g/mol. The predicted molar refractivity (Wildman–Crippen MR) is 76.4 cm³/mol. The first kappa shape index (κ1) is 15.9. The van der Waals surface area contributed by atoms with Gasteiger partial charge in [-0.1, -0.05) is 26.2 Å². The minimum Gasteiger partial charge on any atom is -0.507 e. The van der Waals surface area contributed by atoms with Gasteiger partial charge in [-0.2, -0.15) is 10.5 Å². The van der Waals surface area contributed by atoms with Crippen molar-refractivity contribution in [2.24, 2.45) is 0 Å². The molecule has 0 aliphatic heterocycles. The second kappa shape index (κ2) is 8.07. The molecule has 0 unspecified atom stereocenters. The summed E-state index contributed by atoms with van der Waals surface area (Å²) in [5, 5.41) is 27.6. The molecule has 0 aromatic heterocycles. The van der Waals surface area contributed by atoms with Crippen molar-refractivity contribution < 1.29 is 9.84 Å². The van der Waals surface area contributed by atoms with E-state index < -0.39 is 0 Å². The van der Waals surface area contributed by atoms with Crippen molar-refractivity contribution in [2.75, 3.05) is 0 Å². The molecule has 0 bridgehead atoms. The molecule has 0 amide bonds. The number of rotatable bonds is 7. The van der Waals surface area contributed by atoms with Gasteiger partial charge in [-0.3, -0.25) is 0 Å². The maximum absolute atomic E-state index is 9.55. The molecule has 4 heteroatoms. The number of phenolic OH excluding ortho intramolecular Hbond substituents is 1. The van der Waals surface area contributed by atoms with Crippen LogP contribution >= 0.6 is 0 Å². The highest BCUT2D eigenvalue weighted by atomic mass is 16.5. The third-order valence-corrected chi connectivity index (χ3v) is 3.16. The summed E-state index contributed by atoms with van der Waals surface area (Å²) in [4.78, 5) is 0. The van der Waals surface area contributed by atoms with Gasteiger partial charge in [-0.15, -0.1) is 0 Å². The smallest absolute Gasteiger partial charge is 0.139 e. The van der Waals surface area contributed by atoms with Crippen molar-refractivity contribution in [3.63, 3.8) is 0 Å². The largest absolute Gasteiger partial charge is 0.507 e. The van der Waals surface area contributed by atoms with Crippen molar-refractivity contribution in [1.82, 2.24) is 0 Å². The van der Waals surface area contributed by atoms with E-state index >= 15 is 0 Å². The summed E-state index contributed by atoms with van der Waals surface area (Å²) < 4.78 is 5.73. The van der Waals surface area contributed by atoms with E-state index in [0.717, 1.165) is 12.8 Å². The second-order valence-electron chi connectivity index (χ2n) is 4.83. The first-order valence-corrected chi connectivity index (χ1v) is 6.96. The first-order valence-electron chi connectivity index (χ1n) is 6.96. The predicted octanol–water partition coefficient (Wildman–Crippen LogP) is 3.87. The molecule has 1 rings (SSSR count). The van der Waals surface area contributed by atoms with Crippen LogP contribution in [0.5, 0.6) is 11.5 Å². The normalized spacial score (nSPS) is 11.4. The number of benzene rings is 1. The third kappa shape index (κ3) is 4.17. The number of nitrogens with zero attached hydrogens (tertiary/aromatic N) is 2. The SMILES string of the molecule is CCCCCC[C@H](C)Oc1ccc(O)c(C#N)c1C#N. The summed E-state index contributed by atoms with van der Waals surface area (Å²) >= 11 is 0. The van der Waals surface area contributed by atoms with Crippen LogP contribution in [-0.4, -0.2) is 11.2 Å². The van der Waals surface area contributed by atoms with Gasteiger partial charge in [0.15, 0.2) is 0 Å². The number of nitriles is 2. The third-order valence-electron chi connectivity index (χ3n) is 3.16. The summed E-state index contributed by atoms with van der Waals surface area (Å²) in [6, 6.07) is 6.69. The summed E-state index contributed by atoms with van der Waals surface area (Å²) in [7, 11) is 0. The lowest BCUT2D eigenvalue weighted by Crippen LogP contribution is -2.12. The first-order chi connectivity index (χ1) is 9.63. The van der Waals surface area contributed by atoms with Gasteiger partial charge in [0.2, 0.25) is 0 Å². The zero-order valence-corrected chi connectivity index (χ0v) is 12.0. The van der Waals surface area contributed by atoms with Gasteiger partial charge in [0, 0.05) is 0 Å². The lowest BCUT2D eigenvalue weighted by atomic mass is 10.1. The topological polar surface area (TPSA) is 77.0 Å². The van der Waals surface area contributed by atoms with Crippen molar-refractivity contribution in [3.05, 3.63) is 23.3 Å². The Morgan fingerprint density at radius 1 is 1.15 bits per heavy atom. The lowest BCUT2D eigenvalue weighted by molar-refractivity contribution is 0.205. The van der Waals surface area contributed by atoms with Crippen molar-refractivity contribution in [2.45, 2.75) is 52.1 Å². The number of hydrogen-bond donors (Lipinski definition) is 1. The minimum absolute atomic E-state index is 0.0185. The van der Waals surface area contributed by atoms with Crippen LogP contribution in [0.2, 0.25) is 0 Å². The molecule has 1 atom stereocenters. The molecule has 0 saturated heterocycles. The Kier molecular flexibility index (Phi) is 6.40. The number of unbranched alkanes of at least 4 members (excludes halogenated alkanes) is 3. The number of hydrogen-bond acceptors (Lipinski definition) is 4. The second-order valence-corrected chi connectivity index (χ2v) is 4.83. The van der Waals surface area contributed by atoms with E-state index in [4.69, 9.17) is 15.3 Å². The Morgan fingerprint density at radius 2 is 1.85 bits per heavy atom. The molecular weight excluding hydrogens is 252 g/mol. The molecule has 1 N–H and O–H groups in total. The van der Waals surface area contributed by atoms with E-state index in [1.165, 1.54) is 31.4 Å². The molecule has 20 heavy (non-hydrogen) atoms. The van der Waals surface area contributed by atoms with E-state index in [0.29, 0.717) is 5.75 Å². The van der Waals surface area contributed by atoms with E-state index in [1.54, 1.807) is 0 Å². The molecule has 1 aromatic carbocycles. The highest BCUT2D eigenvalue weighted by Gasteiger charge is 2.15. The fourth-order valence-electron chi connectivity index (χ4n) is 2.03. The van der Waals surface area contributed by atoms with Crippen LogP contribution in [0.25, 0.3) is 0 Å². The van der Waals surface area contributed by atoms with Gasteiger partial charge in [0.05, 0.1) is 6.10 Å². The molecule has 0 saturated carbocycles. The van der Waals surface area contributed by atoms with Gasteiger partial charge < -0.3 is 9.84 Å². The van der Waals surface area contributed by atoms with Gasteiger partial charge >= 0.3 is 0 Å². The Bertz CT molecular complexity index is 527. The Morgan fingerprint density at radius 3 is 2.45 bits per heavy atom. The molecule has 0 aliphatic rings. The molecule has 4 nitrogen and oxygen atoms in total. The zero-order valence-electron chi connectivity index (χ0n) is 12.0. The minimum atomic E-state index is -0.188. The van der Waals surface area contributed by atoms with E-state index in [9.17, 15) is 5.11 Å². The molecule has 0 heterocycles. The van der Waals surface area contributed by atoms with Crippen LogP contribution in [0.4, 0.5) is 0 Å². The fraction of sp³-hybridized carbons (Fsp3) is 0.500. The molecule has 0 spiro atoms. The standard InChI is InChI=1S/C16H20N2O2/c1-3-4-5-6-7-12(2)20-16-9-8-15(19)13(10-17)14(16)11-18/h8-9,12,19H,3-7H2,1-2H3/t12-/m0/s1. The number of phenols is 1. The van der Waals surface area contributed by atoms with Gasteiger partial charge in [0.1, 0.15) is 34.8 Å². The highest BCUT2D eigenvalue weighted by molar-refractivity contribution is 5.59. The summed E-state index contributed by atoms with van der Waals surface area (Å²) in [6.07, 6.45) is 5.56. The molecule has 0 aliphatic carbocycles. The number of ether oxygens (including phenoxy) is 1. The summed E-state index contributed by atoms with van der Waals surface area (Å²) in [5.41, 5.74) is 0.0797. The molecule has 106 valence electrons. The van der Waals surface area contributed by atoms with E-state index in [1.807, 2.05) is 19.1 Å². The van der Waals surface area contributed by atoms with E-state index in [2.05, 4.69) is 6.92 Å². The average Bonchev–Trinajstić information content (AvgIpc) is 2.45. The molecule has 1 aromatic rings. The Labute approximate surface area is 120 Å². The Balaban J connectivity index is 2.73. The number of aromatic hydroxyl groups is 1. The quantitative estimate of drug-likeness (QED) is 0.764. The molecule has 0 radical (unpaired) electrons. The van der Waals surface area contributed by atoms with Crippen LogP contribution in [-0.2, 0) is 0 Å². The van der Waals surface area contributed by atoms with Gasteiger partial charge in [0.25, 0.3) is 0 Å². The van der Waals surface area contributed by atoms with E-state index in [-0.39, 0.29) is 23.0 Å². The summed E-state index contributed by atoms with van der Waals surface area (Å²) in [6.45, 7) is 4.12. The van der Waals surface area contributed by atoms with Crippen molar-refractivity contribution >= 4 is 0 Å². The molecular formula is C16H20N2O2. The Hall–Kier alpha value is -2.20. The van der Waals surface area contributed by atoms with Crippen molar-refractivity contribution in [3.8, 4) is 23.6 Å². The van der Waals surface area contributed by atoms with Crippen LogP contribution in [0.3, 0.4) is 0 Å². The maximum Gasteiger partial charge on any atom is 0.139 e. The van der Waals surface area contributed by atoms with Gasteiger partial charge in [-0.25, -0.2) is 0 Å². The van der Waals surface area contributed by atoms with Crippen molar-refractivity contribution in [1.29, 1.82) is 10.5 Å². The van der Waals surface area contributed by atoms with Crippen LogP contribution in [0.15, 0.2) is 12.1 Å². The lowest BCUT2D eigenvalue weighted by Gasteiger charge is -2.16. The molecule has 0 fully saturated rings. The zero-order chi connectivity index (χ0) is 15.0. The highest BCUT2D eigenvalue weighted by Crippen LogP contribution is 2.29.